The van der Waals surface area contributed by atoms with Crippen LogP contribution in [0.2, 0.25) is 0 Å². The van der Waals surface area contributed by atoms with E-state index in [0.29, 0.717) is 17.0 Å². The third-order valence-corrected chi connectivity index (χ3v) is 1.72. The summed E-state index contributed by atoms with van der Waals surface area (Å²) in [6, 6.07) is 0. The Balaban J connectivity index is 2.71. The molecule has 6 heteroatoms. The van der Waals surface area contributed by atoms with E-state index in [1.165, 1.54) is 11.0 Å². The normalized spacial score (nSPS) is 10.8. The Bertz CT molecular complexity index is 409. The van der Waals surface area contributed by atoms with E-state index in [0.717, 1.165) is 0 Å². The van der Waals surface area contributed by atoms with Crippen molar-refractivity contribution < 1.29 is 0 Å². The smallest absolute Gasteiger partial charge is 0.182 e. The molecule has 0 saturated heterocycles. The van der Waals surface area contributed by atoms with Crippen LogP contribution in [0.5, 0.6) is 0 Å². The molecule has 0 amide bonds. The first-order valence-corrected chi connectivity index (χ1v) is 3.84. The van der Waals surface area contributed by atoms with E-state index < -0.39 is 0 Å². The zero-order chi connectivity index (χ0) is 8.55. The Kier molecular flexibility index (Phi) is 1.58. The minimum Gasteiger partial charge on any atom is -0.336 e. The van der Waals surface area contributed by atoms with E-state index in [4.69, 9.17) is 17.4 Å². The fourth-order valence-electron chi connectivity index (χ4n) is 0.926. The molecule has 62 valence electrons. The quantitative estimate of drug-likeness (QED) is 0.509. The van der Waals surface area contributed by atoms with Crippen molar-refractivity contribution in [2.45, 2.75) is 5.88 Å². The summed E-state index contributed by atoms with van der Waals surface area (Å²) in [6.07, 6.45) is 3.08. The van der Waals surface area contributed by atoms with Crippen LogP contribution >= 0.6 is 11.6 Å². The van der Waals surface area contributed by atoms with Gasteiger partial charge in [-0.15, -0.1) is 11.6 Å². The van der Waals surface area contributed by atoms with Gasteiger partial charge in [0.2, 0.25) is 0 Å². The second kappa shape index (κ2) is 2.60. The van der Waals surface area contributed by atoms with E-state index in [2.05, 4.69) is 15.0 Å². The maximum absolute atomic E-state index is 5.55. The summed E-state index contributed by atoms with van der Waals surface area (Å²) in [6.45, 7) is 0. The number of nitrogen functional groups attached to an aromatic ring is 1. The van der Waals surface area contributed by atoms with Crippen molar-refractivity contribution in [3.63, 3.8) is 0 Å². The van der Waals surface area contributed by atoms with Gasteiger partial charge in [-0.3, -0.25) is 0 Å². The fourth-order valence-corrected chi connectivity index (χ4v) is 1.06. The van der Waals surface area contributed by atoms with E-state index in [9.17, 15) is 0 Å². The average Bonchev–Trinajstić information content (AvgIpc) is 2.47. The number of rotatable bonds is 1. The average molecular weight is 184 g/mol. The van der Waals surface area contributed by atoms with Crippen LogP contribution in [0.1, 0.15) is 5.82 Å². The van der Waals surface area contributed by atoms with Crippen LogP contribution in [0.25, 0.3) is 11.2 Å². The first kappa shape index (κ1) is 7.30. The number of halogens is 1. The SMILES string of the molecule is Nn1cnc2cnc(CCl)nc21. The standard InChI is InChI=1S/C6H6ClN5/c7-1-5-9-2-4-6(11-5)12(8)3-10-4/h2-3H,1,8H2. The summed E-state index contributed by atoms with van der Waals surface area (Å²) in [4.78, 5) is 12.0. The molecule has 0 aliphatic rings. The molecule has 0 spiro atoms. The van der Waals surface area contributed by atoms with Crippen LogP contribution < -0.4 is 5.84 Å². The van der Waals surface area contributed by atoms with Crippen molar-refractivity contribution in [2.24, 2.45) is 0 Å². The van der Waals surface area contributed by atoms with Gasteiger partial charge >= 0.3 is 0 Å². The summed E-state index contributed by atoms with van der Waals surface area (Å²) in [5.74, 6) is 6.35. The van der Waals surface area contributed by atoms with Crippen molar-refractivity contribution in [3.8, 4) is 0 Å². The number of nitrogens with zero attached hydrogens (tertiary/aromatic N) is 4. The highest BCUT2D eigenvalue weighted by molar-refractivity contribution is 6.16. The van der Waals surface area contributed by atoms with E-state index in [-0.39, 0.29) is 5.88 Å². The molecule has 0 radical (unpaired) electrons. The van der Waals surface area contributed by atoms with Gasteiger partial charge in [0, 0.05) is 0 Å². The first-order chi connectivity index (χ1) is 5.81. The summed E-state index contributed by atoms with van der Waals surface area (Å²) >= 11 is 5.55. The van der Waals surface area contributed by atoms with Gasteiger partial charge in [-0.25, -0.2) is 19.6 Å². The van der Waals surface area contributed by atoms with Crippen molar-refractivity contribution in [3.05, 3.63) is 18.3 Å². The molecule has 0 aromatic carbocycles. The number of hydrogen-bond acceptors (Lipinski definition) is 4. The summed E-state index contributed by atoms with van der Waals surface area (Å²) < 4.78 is 1.34. The van der Waals surface area contributed by atoms with Crippen LogP contribution in [-0.2, 0) is 5.88 Å². The minimum absolute atomic E-state index is 0.279. The molecule has 0 aliphatic carbocycles. The van der Waals surface area contributed by atoms with Gasteiger partial charge in [0.15, 0.2) is 5.65 Å². The molecule has 0 aliphatic heterocycles. The Labute approximate surface area is 73.2 Å². The lowest BCUT2D eigenvalue weighted by atomic mass is 10.5. The van der Waals surface area contributed by atoms with Gasteiger partial charge < -0.3 is 5.84 Å². The molecule has 0 atom stereocenters. The van der Waals surface area contributed by atoms with Crippen LogP contribution in [-0.4, -0.2) is 19.6 Å². The number of nitrogens with two attached hydrogens (primary N) is 1. The van der Waals surface area contributed by atoms with Gasteiger partial charge in [0.05, 0.1) is 12.1 Å². The number of fused-ring (bicyclic) bond motifs is 1. The second-order valence-electron chi connectivity index (χ2n) is 2.28. The second-order valence-corrected chi connectivity index (χ2v) is 2.55. The third kappa shape index (κ3) is 0.984. The van der Waals surface area contributed by atoms with Crippen molar-refractivity contribution in [2.75, 3.05) is 5.84 Å². The maximum Gasteiger partial charge on any atom is 0.182 e. The topological polar surface area (TPSA) is 69.6 Å². The van der Waals surface area contributed by atoms with Crippen LogP contribution in [0, 0.1) is 0 Å². The molecule has 2 N–H and O–H groups in total. The van der Waals surface area contributed by atoms with Gasteiger partial charge in [0.1, 0.15) is 17.7 Å². The Morgan fingerprint density at radius 3 is 3.08 bits per heavy atom. The molecule has 2 rings (SSSR count). The van der Waals surface area contributed by atoms with Crippen LogP contribution in [0.4, 0.5) is 0 Å². The predicted octanol–water partition coefficient (Wildman–Crippen LogP) is 0.279. The number of hydrogen-bond donors (Lipinski definition) is 1. The number of alkyl halides is 1. The summed E-state index contributed by atoms with van der Waals surface area (Å²) in [5.41, 5.74) is 1.27. The third-order valence-electron chi connectivity index (χ3n) is 1.49. The van der Waals surface area contributed by atoms with Crippen LogP contribution in [0.15, 0.2) is 12.5 Å². The molecule has 12 heavy (non-hydrogen) atoms. The Hall–Kier alpha value is -1.36. The molecule has 0 saturated carbocycles. The predicted molar refractivity (Wildman–Crippen MR) is 45.0 cm³/mol. The van der Waals surface area contributed by atoms with Gasteiger partial charge in [-0.2, -0.15) is 0 Å². The molecule has 0 unspecified atom stereocenters. The Morgan fingerprint density at radius 1 is 1.50 bits per heavy atom. The fraction of sp³-hybridized carbons (Fsp3) is 0.167. The van der Waals surface area contributed by atoms with Crippen molar-refractivity contribution in [1.29, 1.82) is 0 Å². The molecule has 0 fully saturated rings. The van der Waals surface area contributed by atoms with Crippen LogP contribution in [0.3, 0.4) is 0 Å². The molecular formula is C6H6ClN5. The number of imidazole rings is 1. The van der Waals surface area contributed by atoms with E-state index in [1.54, 1.807) is 6.20 Å². The van der Waals surface area contributed by atoms with Gasteiger partial charge in [-0.1, -0.05) is 0 Å². The lowest BCUT2D eigenvalue weighted by molar-refractivity contribution is 0.982. The first-order valence-electron chi connectivity index (χ1n) is 3.31. The number of aromatic nitrogens is 4. The zero-order valence-corrected chi connectivity index (χ0v) is 6.86. The zero-order valence-electron chi connectivity index (χ0n) is 6.11. The van der Waals surface area contributed by atoms with Crippen molar-refractivity contribution >= 4 is 22.8 Å². The highest BCUT2D eigenvalue weighted by Gasteiger charge is 2.02. The highest BCUT2D eigenvalue weighted by atomic mass is 35.5. The highest BCUT2D eigenvalue weighted by Crippen LogP contribution is 2.06. The van der Waals surface area contributed by atoms with E-state index >= 15 is 0 Å². The summed E-state index contributed by atoms with van der Waals surface area (Å²) in [7, 11) is 0. The van der Waals surface area contributed by atoms with Crippen molar-refractivity contribution in [1.82, 2.24) is 19.6 Å². The van der Waals surface area contributed by atoms with Gasteiger partial charge in [-0.05, 0) is 0 Å². The van der Waals surface area contributed by atoms with E-state index in [1.807, 2.05) is 0 Å². The molecule has 2 aromatic heterocycles. The van der Waals surface area contributed by atoms with Gasteiger partial charge in [0.25, 0.3) is 0 Å². The lowest BCUT2D eigenvalue weighted by Gasteiger charge is -1.94. The largest absolute Gasteiger partial charge is 0.336 e. The minimum atomic E-state index is 0.279. The molecular weight excluding hydrogens is 178 g/mol. The maximum atomic E-state index is 5.55. The molecule has 5 nitrogen and oxygen atoms in total. The lowest BCUT2D eigenvalue weighted by Crippen LogP contribution is -2.07. The molecule has 2 aromatic rings. The molecule has 2 heterocycles. The summed E-state index contributed by atoms with van der Waals surface area (Å²) in [5, 5.41) is 0. The Morgan fingerprint density at radius 2 is 2.33 bits per heavy atom. The monoisotopic (exact) mass is 183 g/mol. The molecule has 0 bridgehead atoms.